The van der Waals surface area contributed by atoms with Crippen LogP contribution in [0.4, 0.5) is 5.69 Å². The van der Waals surface area contributed by atoms with Crippen molar-refractivity contribution in [1.82, 2.24) is 0 Å². The Morgan fingerprint density at radius 3 is 1.96 bits per heavy atom. The van der Waals surface area contributed by atoms with Gasteiger partial charge < -0.3 is 5.32 Å². The number of anilines is 1. The number of ketones is 1. The molecule has 1 N–H and O–H groups in total. The van der Waals surface area contributed by atoms with Crippen molar-refractivity contribution in [3.05, 3.63) is 102 Å². The molecule has 0 aromatic heterocycles. The number of rotatable bonds is 8. The third kappa shape index (κ3) is 5.83. The molecule has 3 aromatic carbocycles. The number of nitrogens with one attached hydrogen (secondary N) is 1. The van der Waals surface area contributed by atoms with E-state index >= 15 is 0 Å². The lowest BCUT2D eigenvalue weighted by Gasteiger charge is -2.16. The van der Waals surface area contributed by atoms with Crippen LogP contribution in [0.3, 0.4) is 0 Å². The molecule has 0 aliphatic heterocycles. The molecule has 0 unspecified atom stereocenters. The molecule has 0 aliphatic carbocycles. The maximum absolute atomic E-state index is 12.7. The minimum absolute atomic E-state index is 0.0690. The van der Waals surface area contributed by atoms with Gasteiger partial charge in [-0.25, -0.2) is 0 Å². The van der Waals surface area contributed by atoms with E-state index in [0.29, 0.717) is 12.0 Å². The molecular formula is C23H21NO2S. The van der Waals surface area contributed by atoms with Crippen molar-refractivity contribution in [3.63, 3.8) is 0 Å². The topological polar surface area (TPSA) is 46.2 Å². The largest absolute Gasteiger partial charge is 0.325 e. The molecule has 27 heavy (non-hydrogen) atoms. The van der Waals surface area contributed by atoms with Crippen LogP contribution in [0.1, 0.15) is 27.6 Å². The van der Waals surface area contributed by atoms with Gasteiger partial charge in [-0.2, -0.15) is 0 Å². The lowest BCUT2D eigenvalue weighted by atomic mass is 10.0. The molecule has 0 heterocycles. The maximum Gasteiger partial charge on any atom is 0.234 e. The van der Waals surface area contributed by atoms with E-state index < -0.39 is 0 Å². The summed E-state index contributed by atoms with van der Waals surface area (Å²) < 4.78 is 0. The third-order valence-electron chi connectivity index (χ3n) is 4.11. The maximum atomic E-state index is 12.7. The van der Waals surface area contributed by atoms with Crippen LogP contribution < -0.4 is 5.32 Å². The van der Waals surface area contributed by atoms with Gasteiger partial charge in [0.2, 0.25) is 5.91 Å². The lowest BCUT2D eigenvalue weighted by Crippen LogP contribution is -2.15. The van der Waals surface area contributed by atoms with Gasteiger partial charge in [-0.15, -0.1) is 11.8 Å². The Kier molecular flexibility index (Phi) is 6.83. The van der Waals surface area contributed by atoms with Crippen LogP contribution in [0.15, 0.2) is 91.0 Å². The Balaban J connectivity index is 1.65. The van der Waals surface area contributed by atoms with Crippen LogP contribution >= 0.6 is 11.8 Å². The second-order valence-electron chi connectivity index (χ2n) is 6.12. The van der Waals surface area contributed by atoms with Crippen molar-refractivity contribution in [2.75, 3.05) is 11.1 Å². The SMILES string of the molecule is O=C(CS[C@H](CC(=O)c1ccccc1)c1ccccc1)Nc1ccccc1. The average molecular weight is 375 g/mol. The second-order valence-corrected chi connectivity index (χ2v) is 7.31. The van der Waals surface area contributed by atoms with E-state index in [2.05, 4.69) is 5.32 Å². The van der Waals surface area contributed by atoms with Crippen LogP contribution in [0, 0.1) is 0 Å². The molecule has 3 aromatic rings. The molecule has 3 nitrogen and oxygen atoms in total. The van der Waals surface area contributed by atoms with Crippen LogP contribution in [0.25, 0.3) is 0 Å². The molecule has 1 amide bonds. The number of para-hydroxylation sites is 1. The van der Waals surface area contributed by atoms with E-state index in [1.807, 2.05) is 91.0 Å². The fourth-order valence-corrected chi connectivity index (χ4v) is 3.79. The zero-order valence-electron chi connectivity index (χ0n) is 14.9. The monoisotopic (exact) mass is 375 g/mol. The summed E-state index contributed by atoms with van der Waals surface area (Å²) in [6.07, 6.45) is 0.358. The van der Waals surface area contributed by atoms with Gasteiger partial charge in [-0.05, 0) is 17.7 Å². The summed E-state index contributed by atoms with van der Waals surface area (Å²) in [6, 6.07) is 28.6. The number of amides is 1. The average Bonchev–Trinajstić information content (AvgIpc) is 2.73. The Hall–Kier alpha value is -2.85. The van der Waals surface area contributed by atoms with Gasteiger partial charge in [0, 0.05) is 22.9 Å². The number of hydrogen-bond donors (Lipinski definition) is 1. The highest BCUT2D eigenvalue weighted by Crippen LogP contribution is 2.33. The molecule has 4 heteroatoms. The van der Waals surface area contributed by atoms with Crippen molar-refractivity contribution >= 4 is 29.1 Å². The molecule has 0 spiro atoms. The fraction of sp³-hybridized carbons (Fsp3) is 0.130. The predicted octanol–water partition coefficient (Wildman–Crippen LogP) is 5.37. The molecule has 0 fully saturated rings. The quantitative estimate of drug-likeness (QED) is 0.538. The Morgan fingerprint density at radius 1 is 0.778 bits per heavy atom. The van der Waals surface area contributed by atoms with Crippen LogP contribution in [-0.4, -0.2) is 17.4 Å². The summed E-state index contributed by atoms with van der Waals surface area (Å²) in [6.45, 7) is 0. The van der Waals surface area contributed by atoms with Gasteiger partial charge in [0.05, 0.1) is 5.75 Å². The summed E-state index contributed by atoms with van der Waals surface area (Å²) in [5.41, 5.74) is 2.53. The Bertz CT molecular complexity index is 867. The van der Waals surface area contributed by atoms with Crippen LogP contribution in [0.2, 0.25) is 0 Å². The Morgan fingerprint density at radius 2 is 1.33 bits per heavy atom. The first-order chi connectivity index (χ1) is 13.2. The molecule has 0 bridgehead atoms. The van der Waals surface area contributed by atoms with Crippen LogP contribution in [0.5, 0.6) is 0 Å². The molecule has 0 saturated heterocycles. The van der Waals surface area contributed by atoms with E-state index in [4.69, 9.17) is 0 Å². The first kappa shape index (κ1) is 18.9. The minimum Gasteiger partial charge on any atom is -0.325 e. The predicted molar refractivity (Wildman–Crippen MR) is 112 cm³/mol. The number of benzene rings is 3. The molecule has 1 atom stereocenters. The standard InChI is InChI=1S/C23H21NO2S/c25-21(18-10-4-1-5-11-18)16-22(19-12-6-2-7-13-19)27-17-23(26)24-20-14-8-3-9-15-20/h1-15,22H,16-17H2,(H,24,26)/t22-/m1/s1. The van der Waals surface area contributed by atoms with Crippen molar-refractivity contribution in [2.45, 2.75) is 11.7 Å². The summed E-state index contributed by atoms with van der Waals surface area (Å²) in [5, 5.41) is 2.82. The number of carbonyl (C=O) groups is 2. The highest BCUT2D eigenvalue weighted by atomic mass is 32.2. The number of Topliss-reactive ketones (excluding diaryl/α,β-unsaturated/α-hetero) is 1. The van der Waals surface area contributed by atoms with Gasteiger partial charge in [0.1, 0.15) is 0 Å². The van der Waals surface area contributed by atoms with E-state index in [-0.39, 0.29) is 22.7 Å². The summed E-state index contributed by atoms with van der Waals surface area (Å²) >= 11 is 1.49. The van der Waals surface area contributed by atoms with Gasteiger partial charge >= 0.3 is 0 Å². The Labute approximate surface area is 163 Å². The second kappa shape index (κ2) is 9.74. The molecule has 136 valence electrons. The van der Waals surface area contributed by atoms with Crippen molar-refractivity contribution in [2.24, 2.45) is 0 Å². The van der Waals surface area contributed by atoms with Crippen LogP contribution in [-0.2, 0) is 4.79 Å². The minimum atomic E-state index is -0.0701. The molecular weight excluding hydrogens is 354 g/mol. The lowest BCUT2D eigenvalue weighted by molar-refractivity contribution is -0.113. The first-order valence-electron chi connectivity index (χ1n) is 8.82. The number of carbonyl (C=O) groups excluding carboxylic acids is 2. The third-order valence-corrected chi connectivity index (χ3v) is 5.38. The zero-order valence-corrected chi connectivity index (χ0v) is 15.7. The van der Waals surface area contributed by atoms with E-state index in [0.717, 1.165) is 11.3 Å². The first-order valence-corrected chi connectivity index (χ1v) is 9.87. The van der Waals surface area contributed by atoms with E-state index in [1.165, 1.54) is 11.8 Å². The molecule has 0 aliphatic rings. The molecule has 3 rings (SSSR count). The normalized spacial score (nSPS) is 11.6. The van der Waals surface area contributed by atoms with E-state index in [9.17, 15) is 9.59 Å². The summed E-state index contributed by atoms with van der Waals surface area (Å²) in [5.74, 6) is 0.302. The fourth-order valence-electron chi connectivity index (χ4n) is 2.75. The zero-order chi connectivity index (χ0) is 18.9. The smallest absolute Gasteiger partial charge is 0.234 e. The number of thioether (sulfide) groups is 1. The van der Waals surface area contributed by atoms with Gasteiger partial charge in [0.25, 0.3) is 0 Å². The highest BCUT2D eigenvalue weighted by molar-refractivity contribution is 8.00. The van der Waals surface area contributed by atoms with Crippen molar-refractivity contribution in [3.8, 4) is 0 Å². The summed E-state index contributed by atoms with van der Waals surface area (Å²) in [7, 11) is 0. The number of hydrogen-bond acceptors (Lipinski definition) is 3. The highest BCUT2D eigenvalue weighted by Gasteiger charge is 2.19. The molecule has 0 radical (unpaired) electrons. The molecule has 0 saturated carbocycles. The van der Waals surface area contributed by atoms with Crippen molar-refractivity contribution < 1.29 is 9.59 Å². The van der Waals surface area contributed by atoms with Gasteiger partial charge in [0.15, 0.2) is 5.78 Å². The van der Waals surface area contributed by atoms with Gasteiger partial charge in [-0.1, -0.05) is 78.9 Å². The summed E-state index contributed by atoms with van der Waals surface area (Å²) in [4.78, 5) is 24.9. The van der Waals surface area contributed by atoms with Crippen molar-refractivity contribution in [1.29, 1.82) is 0 Å². The van der Waals surface area contributed by atoms with E-state index in [1.54, 1.807) is 0 Å². The van der Waals surface area contributed by atoms with Gasteiger partial charge in [-0.3, -0.25) is 9.59 Å².